The van der Waals surface area contributed by atoms with E-state index in [1.54, 1.807) is 22.3 Å². The minimum Gasteiger partial charge on any atom is -1.00 e. The third kappa shape index (κ3) is 5.81. The molecule has 2 aliphatic carbocycles. The minimum absolute atomic E-state index is 0. The minimum atomic E-state index is -2.81. The van der Waals surface area contributed by atoms with E-state index in [1.807, 2.05) is 0 Å². The zero-order valence-corrected chi connectivity index (χ0v) is 31.6. The fourth-order valence-electron chi connectivity index (χ4n) is 8.32. The first-order valence-corrected chi connectivity index (χ1v) is 23.0. The second-order valence-electron chi connectivity index (χ2n) is 13.9. The van der Waals surface area contributed by atoms with Crippen LogP contribution in [-0.4, -0.2) is 0 Å². The van der Waals surface area contributed by atoms with Gasteiger partial charge in [0.1, 0.15) is 0 Å². The zero-order chi connectivity index (χ0) is 29.9. The molecule has 3 aliphatic rings. The van der Waals surface area contributed by atoms with E-state index in [0.29, 0.717) is 19.1 Å². The van der Waals surface area contributed by atoms with E-state index < -0.39 is 20.3 Å². The van der Waals surface area contributed by atoms with Crippen LogP contribution in [0.15, 0.2) is 96.1 Å². The quantitative estimate of drug-likeness (QED) is 0.201. The van der Waals surface area contributed by atoms with Gasteiger partial charge in [-0.05, 0) is 0 Å². The maximum atomic E-state index is 2.67. The summed E-state index contributed by atoms with van der Waals surface area (Å²) in [4.78, 5) is 0. The van der Waals surface area contributed by atoms with Gasteiger partial charge in [-0.15, -0.1) is 0 Å². The van der Waals surface area contributed by atoms with Gasteiger partial charge in [-0.2, -0.15) is 0 Å². The number of aryl methyl sites for hydroxylation is 2. The Morgan fingerprint density at radius 1 is 0.578 bits per heavy atom. The molecular weight excluding hydrogens is 667 g/mol. The molecule has 0 radical (unpaired) electrons. The van der Waals surface area contributed by atoms with Crippen LogP contribution in [0.4, 0.5) is 0 Å². The van der Waals surface area contributed by atoms with Crippen LogP contribution in [0, 0.1) is 25.7 Å². The van der Waals surface area contributed by atoms with Crippen LogP contribution in [0.5, 0.6) is 0 Å². The van der Waals surface area contributed by atoms with Crippen molar-refractivity contribution >= 4 is 12.2 Å². The SMILES string of the molecule is CCC(C)C1=Cc2c(-c3ccc(C)cc3)cccc2[CH]1[Zr+2]1([CH]2C(C(C)CC)=Cc3c(-c4ccc(C)cc4)cccc32)[CH2][CH2]1.[Cl-].[Cl-]. The van der Waals surface area contributed by atoms with E-state index in [2.05, 4.69) is 139 Å². The van der Waals surface area contributed by atoms with E-state index in [1.165, 1.54) is 65.6 Å². The van der Waals surface area contributed by atoms with E-state index >= 15 is 0 Å². The fraction of sp³-hybridized carbons (Fsp3) is 0.333. The van der Waals surface area contributed by atoms with Gasteiger partial charge in [-0.1, -0.05) is 0 Å². The molecular formula is C42H46Cl2Zr. The first-order valence-electron chi connectivity index (χ1n) is 16.7. The van der Waals surface area contributed by atoms with Crippen LogP contribution in [-0.2, 0) is 20.3 Å². The van der Waals surface area contributed by atoms with Crippen LogP contribution in [0.3, 0.4) is 0 Å². The van der Waals surface area contributed by atoms with Gasteiger partial charge in [-0.3, -0.25) is 0 Å². The summed E-state index contributed by atoms with van der Waals surface area (Å²) in [6.45, 7) is 14.2. The third-order valence-electron chi connectivity index (χ3n) is 11.3. The summed E-state index contributed by atoms with van der Waals surface area (Å²) in [7, 11) is 0. The van der Waals surface area contributed by atoms with Gasteiger partial charge in [0.15, 0.2) is 0 Å². The van der Waals surface area contributed by atoms with Gasteiger partial charge in [0.25, 0.3) is 0 Å². The molecule has 3 heteroatoms. The predicted octanol–water partition coefficient (Wildman–Crippen LogP) is 6.32. The molecule has 1 saturated heterocycles. The molecule has 0 spiro atoms. The Kier molecular flexibility index (Phi) is 10.3. The summed E-state index contributed by atoms with van der Waals surface area (Å²) in [5.41, 5.74) is 18.1. The molecule has 0 N–H and O–H groups in total. The van der Waals surface area contributed by atoms with Crippen molar-refractivity contribution < 1.29 is 45.1 Å². The Labute approximate surface area is 288 Å². The number of hydrogen-bond donors (Lipinski definition) is 0. The first kappa shape index (κ1) is 34.2. The summed E-state index contributed by atoms with van der Waals surface area (Å²) in [5.74, 6) is 1.24. The standard InChI is InChI=1S/2C20H21.C2H4.2ClH.Zr/c2*1-4-15(3)18-12-17-6-5-7-19(20(17)13-18)16-10-8-14(2)9-11-16;1-2;;;/h2*5-13,15H,4H2,1-3H3;1-2H2;2*1H;/q;;;;;+2/p-2. The van der Waals surface area contributed by atoms with E-state index in [-0.39, 0.29) is 24.8 Å². The normalized spacial score (nSPS) is 19.4. The smallest absolute Gasteiger partial charge is 1.00 e. The second kappa shape index (κ2) is 13.5. The number of allylic oxidation sites excluding steroid dienone is 2. The van der Waals surface area contributed by atoms with Crippen LogP contribution in [0.25, 0.3) is 34.4 Å². The maximum Gasteiger partial charge on any atom is -1.00 e. The average molecular weight is 713 g/mol. The molecule has 0 nitrogen and oxygen atoms in total. The number of fused-ring (bicyclic) bond motifs is 2. The number of benzene rings is 4. The Morgan fingerprint density at radius 2 is 0.956 bits per heavy atom. The van der Waals surface area contributed by atoms with Gasteiger partial charge in [0, 0.05) is 0 Å². The van der Waals surface area contributed by atoms with Crippen LogP contribution in [0.2, 0.25) is 8.26 Å². The Morgan fingerprint density at radius 3 is 1.29 bits per heavy atom. The molecule has 0 saturated carbocycles. The first-order chi connectivity index (χ1) is 20.9. The summed E-state index contributed by atoms with van der Waals surface area (Å²) in [6.07, 6.45) is 7.77. The molecule has 7 rings (SSSR count). The predicted molar refractivity (Wildman–Crippen MR) is 183 cm³/mol. The molecule has 1 heterocycles. The maximum absolute atomic E-state index is 2.81. The Bertz CT molecular complexity index is 1610. The van der Waals surface area contributed by atoms with Gasteiger partial charge < -0.3 is 24.8 Å². The van der Waals surface area contributed by atoms with Crippen LogP contribution >= 0.6 is 0 Å². The molecule has 0 bridgehead atoms. The molecule has 4 unspecified atom stereocenters. The van der Waals surface area contributed by atoms with Crippen molar-refractivity contribution in [3.8, 4) is 22.3 Å². The Balaban J connectivity index is 0.00000200. The van der Waals surface area contributed by atoms with Crippen LogP contribution < -0.4 is 24.8 Å². The molecule has 1 fully saturated rings. The van der Waals surface area contributed by atoms with Gasteiger partial charge in [0.05, 0.1) is 0 Å². The van der Waals surface area contributed by atoms with Crippen molar-refractivity contribution in [3.63, 3.8) is 0 Å². The van der Waals surface area contributed by atoms with Crippen molar-refractivity contribution in [2.45, 2.75) is 69.9 Å². The third-order valence-corrected chi connectivity index (χ3v) is 24.1. The largest absolute Gasteiger partial charge is 1.00 e. The topological polar surface area (TPSA) is 0 Å². The second-order valence-corrected chi connectivity index (χ2v) is 25.2. The Hall–Kier alpha value is -2.18. The summed E-state index contributed by atoms with van der Waals surface area (Å²) < 4.78 is 4.37. The van der Waals surface area contributed by atoms with E-state index in [0.717, 1.165) is 0 Å². The molecule has 0 aromatic heterocycles. The van der Waals surface area contributed by atoms with Gasteiger partial charge >= 0.3 is 266 Å². The van der Waals surface area contributed by atoms with Crippen LogP contribution in [0.1, 0.15) is 81.2 Å². The molecule has 1 aliphatic heterocycles. The molecule has 4 atom stereocenters. The van der Waals surface area contributed by atoms with Crippen molar-refractivity contribution in [3.05, 3.63) is 129 Å². The fourth-order valence-corrected chi connectivity index (χ4v) is 26.2. The number of halogens is 2. The van der Waals surface area contributed by atoms with Crippen molar-refractivity contribution in [1.29, 1.82) is 0 Å². The monoisotopic (exact) mass is 710 g/mol. The van der Waals surface area contributed by atoms with E-state index in [9.17, 15) is 0 Å². The van der Waals surface area contributed by atoms with Crippen molar-refractivity contribution in [2.24, 2.45) is 11.8 Å². The summed E-state index contributed by atoms with van der Waals surface area (Å²) in [5, 5.41) is 0. The molecule has 45 heavy (non-hydrogen) atoms. The number of rotatable bonds is 8. The molecule has 4 aromatic rings. The zero-order valence-electron chi connectivity index (χ0n) is 27.6. The summed E-state index contributed by atoms with van der Waals surface area (Å²) >= 11 is -2.81. The van der Waals surface area contributed by atoms with Crippen molar-refractivity contribution in [1.82, 2.24) is 0 Å². The van der Waals surface area contributed by atoms with Crippen molar-refractivity contribution in [2.75, 3.05) is 0 Å². The molecule has 0 amide bonds. The van der Waals surface area contributed by atoms with E-state index in [4.69, 9.17) is 0 Å². The average Bonchev–Trinajstić information content (AvgIpc) is 3.55. The molecule has 232 valence electrons. The summed E-state index contributed by atoms with van der Waals surface area (Å²) in [6, 6.07) is 32.9. The van der Waals surface area contributed by atoms with Gasteiger partial charge in [-0.25, -0.2) is 0 Å². The molecule has 4 aromatic carbocycles. The number of hydrogen-bond acceptors (Lipinski definition) is 0. The van der Waals surface area contributed by atoms with Gasteiger partial charge in [0.2, 0.25) is 0 Å².